The van der Waals surface area contributed by atoms with Gasteiger partial charge >= 0.3 is 0 Å². The first-order valence-electron chi connectivity index (χ1n) is 9.68. The first-order chi connectivity index (χ1) is 14.2. The first-order valence-corrected chi connectivity index (χ1v) is 9.68. The molecule has 0 saturated carbocycles. The normalized spacial score (nSPS) is 11.2. The van der Waals surface area contributed by atoms with E-state index in [1.807, 2.05) is 55.5 Å². The molecule has 0 unspecified atom stereocenters. The first kappa shape index (κ1) is 20.2. The summed E-state index contributed by atoms with van der Waals surface area (Å²) in [6, 6.07) is 19.4. The second kappa shape index (κ2) is 10.1. The fourth-order valence-corrected chi connectivity index (χ4v) is 2.72. The van der Waals surface area contributed by atoms with Gasteiger partial charge in [0.25, 0.3) is 0 Å². The van der Waals surface area contributed by atoms with Crippen molar-refractivity contribution >= 4 is 11.6 Å². The van der Waals surface area contributed by atoms with Gasteiger partial charge in [-0.3, -0.25) is 0 Å². The summed E-state index contributed by atoms with van der Waals surface area (Å²) in [7, 11) is 0. The molecule has 0 spiro atoms. The maximum atomic E-state index is 6.00. The van der Waals surface area contributed by atoms with Crippen molar-refractivity contribution in [2.75, 3.05) is 11.9 Å². The van der Waals surface area contributed by atoms with Gasteiger partial charge in [-0.25, -0.2) is 9.98 Å². The van der Waals surface area contributed by atoms with Crippen LogP contribution in [0.25, 0.3) is 0 Å². The summed E-state index contributed by atoms with van der Waals surface area (Å²) in [6.07, 6.45) is 2.70. The molecule has 3 rings (SSSR count). The highest BCUT2D eigenvalue weighted by atomic mass is 16.5. The molecule has 0 aliphatic heterocycles. The lowest BCUT2D eigenvalue weighted by Gasteiger charge is -2.10. The number of anilines is 1. The van der Waals surface area contributed by atoms with Crippen LogP contribution in [0.5, 0.6) is 17.4 Å². The number of aromatic nitrogens is 1. The molecule has 0 bridgehead atoms. The number of para-hydroxylation sites is 2. The fraction of sp³-hybridized carbons (Fsp3) is 0.217. The summed E-state index contributed by atoms with van der Waals surface area (Å²) in [5.41, 5.74) is 9.11. The fourth-order valence-electron chi connectivity index (χ4n) is 2.72. The molecular formula is C23H26N4O2. The van der Waals surface area contributed by atoms with Crippen LogP contribution < -0.4 is 20.5 Å². The Balaban J connectivity index is 1.59. The molecule has 6 heteroatoms. The monoisotopic (exact) mass is 390 g/mol. The van der Waals surface area contributed by atoms with Gasteiger partial charge in [-0.15, -0.1) is 0 Å². The molecule has 6 nitrogen and oxygen atoms in total. The Hall–Kier alpha value is -3.54. The lowest BCUT2D eigenvalue weighted by molar-refractivity contribution is 0.319. The lowest BCUT2D eigenvalue weighted by Crippen LogP contribution is -2.22. The van der Waals surface area contributed by atoms with Crippen molar-refractivity contribution in [3.63, 3.8) is 0 Å². The zero-order valence-corrected chi connectivity index (χ0v) is 16.8. The minimum Gasteiger partial charge on any atom is -0.490 e. The number of hydrogen-bond donors (Lipinski definition) is 2. The molecule has 0 saturated heterocycles. The van der Waals surface area contributed by atoms with E-state index in [1.54, 1.807) is 6.20 Å². The Bertz CT molecular complexity index is 955. The second-order valence-electron chi connectivity index (χ2n) is 6.37. The van der Waals surface area contributed by atoms with Gasteiger partial charge in [0.05, 0.1) is 13.2 Å². The van der Waals surface area contributed by atoms with E-state index in [0.717, 1.165) is 17.7 Å². The Kier molecular flexibility index (Phi) is 7.05. The third-order valence-electron chi connectivity index (χ3n) is 4.20. The SMILES string of the molecule is CCOc1ccccc1Oc1ccc(CN=C(N)Nc2cccc(CC)c2)cn1. The maximum absolute atomic E-state index is 6.00. The van der Waals surface area contributed by atoms with Gasteiger partial charge in [-0.05, 0) is 48.7 Å². The Labute approximate surface area is 171 Å². The molecular weight excluding hydrogens is 364 g/mol. The number of rotatable bonds is 8. The number of nitrogens with two attached hydrogens (primary N) is 1. The number of nitrogens with zero attached hydrogens (tertiary/aromatic N) is 2. The van der Waals surface area contributed by atoms with Gasteiger partial charge in [-0.1, -0.05) is 37.3 Å². The van der Waals surface area contributed by atoms with Gasteiger partial charge in [0.2, 0.25) is 5.88 Å². The van der Waals surface area contributed by atoms with Gasteiger partial charge in [-0.2, -0.15) is 0 Å². The average molecular weight is 390 g/mol. The zero-order chi connectivity index (χ0) is 20.5. The molecule has 0 fully saturated rings. The van der Waals surface area contributed by atoms with Gasteiger partial charge < -0.3 is 20.5 Å². The molecule has 150 valence electrons. The van der Waals surface area contributed by atoms with Crippen LogP contribution >= 0.6 is 0 Å². The Morgan fingerprint density at radius 1 is 1.00 bits per heavy atom. The van der Waals surface area contributed by atoms with E-state index in [4.69, 9.17) is 15.2 Å². The van der Waals surface area contributed by atoms with Gasteiger partial charge in [0.15, 0.2) is 17.5 Å². The van der Waals surface area contributed by atoms with E-state index in [2.05, 4.69) is 34.3 Å². The number of aliphatic imine (C=N–C) groups is 1. The van der Waals surface area contributed by atoms with E-state index in [1.165, 1.54) is 5.56 Å². The van der Waals surface area contributed by atoms with E-state index in [0.29, 0.717) is 36.5 Å². The number of ether oxygens (including phenoxy) is 2. The van der Waals surface area contributed by atoms with Gasteiger partial charge in [0.1, 0.15) is 0 Å². The molecule has 2 aromatic carbocycles. The topological polar surface area (TPSA) is 81.8 Å². The van der Waals surface area contributed by atoms with Crippen LogP contribution in [0, 0.1) is 0 Å². The molecule has 0 aliphatic carbocycles. The van der Waals surface area contributed by atoms with E-state index < -0.39 is 0 Å². The molecule has 0 atom stereocenters. The molecule has 0 radical (unpaired) electrons. The molecule has 29 heavy (non-hydrogen) atoms. The van der Waals surface area contributed by atoms with Gasteiger partial charge in [0, 0.05) is 18.0 Å². The summed E-state index contributed by atoms with van der Waals surface area (Å²) in [5.74, 6) is 2.18. The van der Waals surface area contributed by atoms with E-state index >= 15 is 0 Å². The molecule has 0 amide bonds. The van der Waals surface area contributed by atoms with Crippen molar-refractivity contribution in [3.8, 4) is 17.4 Å². The number of hydrogen-bond acceptors (Lipinski definition) is 4. The molecule has 0 aliphatic rings. The summed E-state index contributed by atoms with van der Waals surface area (Å²) in [4.78, 5) is 8.73. The van der Waals surface area contributed by atoms with Crippen LogP contribution in [-0.2, 0) is 13.0 Å². The number of pyridine rings is 1. The summed E-state index contributed by atoms with van der Waals surface area (Å²) >= 11 is 0. The lowest BCUT2D eigenvalue weighted by atomic mass is 10.1. The van der Waals surface area contributed by atoms with Crippen LogP contribution in [0.4, 0.5) is 5.69 Å². The quantitative estimate of drug-likeness (QED) is 0.428. The second-order valence-corrected chi connectivity index (χ2v) is 6.37. The Morgan fingerprint density at radius 2 is 1.83 bits per heavy atom. The standard InChI is InChI=1S/C23H26N4O2/c1-3-17-8-7-9-19(14-17)27-23(24)26-16-18-12-13-22(25-15-18)29-21-11-6-5-10-20(21)28-4-2/h5-15H,3-4,16H2,1-2H3,(H3,24,26,27). The van der Waals surface area contributed by atoms with Crippen LogP contribution in [0.3, 0.4) is 0 Å². The number of aryl methyl sites for hydroxylation is 1. The van der Waals surface area contributed by atoms with Crippen LogP contribution in [-0.4, -0.2) is 17.6 Å². The number of benzene rings is 2. The number of nitrogens with one attached hydrogen (secondary N) is 1. The average Bonchev–Trinajstić information content (AvgIpc) is 2.75. The molecule has 3 aromatic rings. The van der Waals surface area contributed by atoms with Crippen LogP contribution in [0.15, 0.2) is 71.9 Å². The minimum atomic E-state index is 0.365. The molecule has 3 N–H and O–H groups in total. The van der Waals surface area contributed by atoms with Crippen molar-refractivity contribution in [3.05, 3.63) is 78.0 Å². The smallest absolute Gasteiger partial charge is 0.219 e. The Morgan fingerprint density at radius 3 is 2.55 bits per heavy atom. The van der Waals surface area contributed by atoms with Crippen molar-refractivity contribution < 1.29 is 9.47 Å². The van der Waals surface area contributed by atoms with E-state index in [9.17, 15) is 0 Å². The van der Waals surface area contributed by atoms with Crippen molar-refractivity contribution in [2.24, 2.45) is 10.7 Å². The highest BCUT2D eigenvalue weighted by molar-refractivity contribution is 5.92. The zero-order valence-electron chi connectivity index (χ0n) is 16.8. The molecule has 1 heterocycles. The third-order valence-corrected chi connectivity index (χ3v) is 4.20. The predicted molar refractivity (Wildman–Crippen MR) is 117 cm³/mol. The summed E-state index contributed by atoms with van der Waals surface area (Å²) in [5, 5.41) is 3.12. The summed E-state index contributed by atoms with van der Waals surface area (Å²) < 4.78 is 11.4. The largest absolute Gasteiger partial charge is 0.490 e. The minimum absolute atomic E-state index is 0.365. The maximum Gasteiger partial charge on any atom is 0.219 e. The highest BCUT2D eigenvalue weighted by Crippen LogP contribution is 2.30. The van der Waals surface area contributed by atoms with E-state index in [-0.39, 0.29) is 0 Å². The third kappa shape index (κ3) is 5.97. The summed E-state index contributed by atoms with van der Waals surface area (Å²) in [6.45, 7) is 5.05. The van der Waals surface area contributed by atoms with Crippen molar-refractivity contribution in [1.29, 1.82) is 0 Å². The van der Waals surface area contributed by atoms with Crippen molar-refractivity contribution in [1.82, 2.24) is 4.98 Å². The van der Waals surface area contributed by atoms with Crippen LogP contribution in [0.2, 0.25) is 0 Å². The van der Waals surface area contributed by atoms with Crippen molar-refractivity contribution in [2.45, 2.75) is 26.8 Å². The number of guanidine groups is 1. The highest BCUT2D eigenvalue weighted by Gasteiger charge is 2.06. The van der Waals surface area contributed by atoms with Crippen LogP contribution in [0.1, 0.15) is 25.0 Å². The predicted octanol–water partition coefficient (Wildman–Crippen LogP) is 4.76. The molecule has 1 aromatic heterocycles.